The Morgan fingerprint density at radius 3 is 2.25 bits per heavy atom. The molecule has 0 aromatic heterocycles. The van der Waals surface area contributed by atoms with Crippen LogP contribution in [0.1, 0.15) is 6.92 Å². The lowest BCUT2D eigenvalue weighted by Gasteiger charge is -2.31. The first-order chi connectivity index (χ1) is 7.22. The van der Waals surface area contributed by atoms with Gasteiger partial charge in [-0.3, -0.25) is 14.4 Å². The molecule has 0 bridgehead atoms. The van der Waals surface area contributed by atoms with Crippen molar-refractivity contribution in [1.82, 2.24) is 0 Å². The quantitative estimate of drug-likeness (QED) is 0.492. The molecule has 86 valence electrons. The summed E-state index contributed by atoms with van der Waals surface area (Å²) in [7, 11) is 0. The number of ketones is 2. The number of aliphatic carboxylic acids is 2. The first kappa shape index (κ1) is 12.1. The van der Waals surface area contributed by atoms with Crippen LogP contribution in [0.3, 0.4) is 0 Å². The molecule has 0 heterocycles. The average Bonchev–Trinajstić information content (AvgIpc) is 2.13. The minimum atomic E-state index is -2.72. The molecule has 0 aliphatic heterocycles. The summed E-state index contributed by atoms with van der Waals surface area (Å²) in [6.07, 6.45) is 0.801. The van der Waals surface area contributed by atoms with Gasteiger partial charge in [-0.2, -0.15) is 0 Å². The van der Waals surface area contributed by atoms with E-state index in [4.69, 9.17) is 15.9 Å². The molecule has 0 saturated carbocycles. The zero-order valence-corrected chi connectivity index (χ0v) is 8.26. The maximum atomic E-state index is 11.6. The number of allylic oxidation sites excluding steroid dienone is 1. The number of carbonyl (C=O) groups is 4. The van der Waals surface area contributed by atoms with E-state index in [0.717, 1.165) is 6.08 Å². The van der Waals surface area contributed by atoms with Crippen molar-refractivity contribution in [3.63, 3.8) is 0 Å². The van der Waals surface area contributed by atoms with E-state index in [2.05, 4.69) is 0 Å². The largest absolute Gasteiger partial charge is 0.481 e. The molecule has 1 rings (SSSR count). The van der Waals surface area contributed by atoms with E-state index in [0.29, 0.717) is 0 Å². The van der Waals surface area contributed by atoms with E-state index in [9.17, 15) is 19.2 Å². The molecule has 0 radical (unpaired) electrons. The summed E-state index contributed by atoms with van der Waals surface area (Å²) in [5.74, 6) is -7.69. The van der Waals surface area contributed by atoms with E-state index in [1.165, 1.54) is 6.92 Å². The van der Waals surface area contributed by atoms with Crippen LogP contribution in [0.2, 0.25) is 0 Å². The molecule has 1 aliphatic rings. The van der Waals surface area contributed by atoms with E-state index >= 15 is 0 Å². The Balaban J connectivity index is 3.47. The van der Waals surface area contributed by atoms with Gasteiger partial charge in [0.2, 0.25) is 0 Å². The summed E-state index contributed by atoms with van der Waals surface area (Å²) in [6.45, 7) is 1.21. The summed E-state index contributed by atoms with van der Waals surface area (Å²) in [4.78, 5) is 44.6. The minimum absolute atomic E-state index is 0.160. The fourth-order valence-electron chi connectivity index (χ4n) is 1.58. The Morgan fingerprint density at radius 2 is 1.88 bits per heavy atom. The SMILES string of the molecule is CC1=CC(=O)C(C(=O)O)C(N)(C(=O)O)C1=O. The van der Waals surface area contributed by atoms with E-state index < -0.39 is 35.0 Å². The fraction of sp³-hybridized carbons (Fsp3) is 0.333. The molecule has 1 aliphatic carbocycles. The van der Waals surface area contributed by atoms with Gasteiger partial charge in [0.05, 0.1) is 0 Å². The highest BCUT2D eigenvalue weighted by Crippen LogP contribution is 2.27. The maximum absolute atomic E-state index is 11.6. The average molecular weight is 227 g/mol. The molecular formula is C9H9NO6. The van der Waals surface area contributed by atoms with Crippen molar-refractivity contribution in [1.29, 1.82) is 0 Å². The number of rotatable bonds is 2. The summed E-state index contributed by atoms with van der Waals surface area (Å²) in [5.41, 5.74) is 2.40. The number of Topliss-reactive ketones (excluding diaryl/α,β-unsaturated/α-hetero) is 1. The lowest BCUT2D eigenvalue weighted by Crippen LogP contribution is -2.66. The zero-order valence-electron chi connectivity index (χ0n) is 8.26. The van der Waals surface area contributed by atoms with Crippen LogP contribution in [0.15, 0.2) is 11.6 Å². The Bertz CT molecular complexity index is 437. The second-order valence-electron chi connectivity index (χ2n) is 3.50. The molecular weight excluding hydrogens is 218 g/mol. The van der Waals surface area contributed by atoms with Gasteiger partial charge < -0.3 is 15.9 Å². The minimum Gasteiger partial charge on any atom is -0.481 e. The van der Waals surface area contributed by atoms with Crippen molar-refractivity contribution in [3.05, 3.63) is 11.6 Å². The monoisotopic (exact) mass is 227 g/mol. The first-order valence-electron chi connectivity index (χ1n) is 4.25. The van der Waals surface area contributed by atoms with Crippen LogP contribution in [-0.4, -0.2) is 39.3 Å². The third-order valence-corrected chi connectivity index (χ3v) is 2.43. The van der Waals surface area contributed by atoms with Gasteiger partial charge in [-0.05, 0) is 18.6 Å². The van der Waals surface area contributed by atoms with Gasteiger partial charge in [0.1, 0.15) is 0 Å². The van der Waals surface area contributed by atoms with Gasteiger partial charge in [0.25, 0.3) is 0 Å². The molecule has 0 spiro atoms. The molecule has 2 atom stereocenters. The highest BCUT2D eigenvalue weighted by molar-refractivity contribution is 6.28. The van der Waals surface area contributed by atoms with Crippen LogP contribution in [0.4, 0.5) is 0 Å². The fourth-order valence-corrected chi connectivity index (χ4v) is 1.58. The zero-order chi connectivity index (χ0) is 12.7. The van der Waals surface area contributed by atoms with Crippen molar-refractivity contribution in [2.24, 2.45) is 11.7 Å². The third-order valence-electron chi connectivity index (χ3n) is 2.43. The van der Waals surface area contributed by atoms with Crippen LogP contribution in [0.5, 0.6) is 0 Å². The number of carbonyl (C=O) groups excluding carboxylic acids is 2. The van der Waals surface area contributed by atoms with Gasteiger partial charge >= 0.3 is 11.9 Å². The molecule has 0 amide bonds. The van der Waals surface area contributed by atoms with E-state index in [-0.39, 0.29) is 5.57 Å². The number of hydrogen-bond donors (Lipinski definition) is 3. The molecule has 7 nitrogen and oxygen atoms in total. The van der Waals surface area contributed by atoms with Crippen molar-refractivity contribution < 1.29 is 29.4 Å². The highest BCUT2D eigenvalue weighted by Gasteiger charge is 2.58. The van der Waals surface area contributed by atoms with E-state index in [1.807, 2.05) is 0 Å². The lowest BCUT2D eigenvalue weighted by atomic mass is 9.72. The smallest absolute Gasteiger partial charge is 0.333 e. The molecule has 2 unspecified atom stereocenters. The third kappa shape index (κ3) is 1.41. The van der Waals surface area contributed by atoms with Crippen LogP contribution < -0.4 is 5.73 Å². The topological polar surface area (TPSA) is 135 Å². The molecule has 0 saturated heterocycles. The van der Waals surface area contributed by atoms with Crippen molar-refractivity contribution in [3.8, 4) is 0 Å². The van der Waals surface area contributed by atoms with Crippen molar-refractivity contribution >= 4 is 23.5 Å². The first-order valence-corrected chi connectivity index (χ1v) is 4.25. The number of carboxylic acid groups (broad SMARTS) is 2. The van der Waals surface area contributed by atoms with Gasteiger partial charge in [-0.15, -0.1) is 0 Å². The van der Waals surface area contributed by atoms with Crippen LogP contribution >= 0.6 is 0 Å². The predicted octanol–water partition coefficient (Wildman–Crippen LogP) is -1.43. The van der Waals surface area contributed by atoms with Gasteiger partial charge in [-0.25, -0.2) is 4.79 Å². The number of carboxylic acids is 2. The molecule has 4 N–H and O–H groups in total. The molecule has 0 aromatic carbocycles. The Hall–Kier alpha value is -2.02. The van der Waals surface area contributed by atoms with Crippen molar-refractivity contribution in [2.45, 2.75) is 12.5 Å². The normalized spacial score (nSPS) is 29.9. The van der Waals surface area contributed by atoms with Gasteiger partial charge in [-0.1, -0.05) is 0 Å². The van der Waals surface area contributed by atoms with Crippen LogP contribution in [0.25, 0.3) is 0 Å². The Labute approximate surface area is 89.5 Å². The number of hydrogen-bond acceptors (Lipinski definition) is 5. The molecule has 0 fully saturated rings. The van der Waals surface area contributed by atoms with E-state index in [1.54, 1.807) is 0 Å². The van der Waals surface area contributed by atoms with Crippen LogP contribution in [-0.2, 0) is 19.2 Å². The second-order valence-corrected chi connectivity index (χ2v) is 3.50. The number of nitrogens with two attached hydrogens (primary N) is 1. The summed E-state index contributed by atoms with van der Waals surface area (Å²) < 4.78 is 0. The summed E-state index contributed by atoms with van der Waals surface area (Å²) in [6, 6.07) is 0. The van der Waals surface area contributed by atoms with Crippen molar-refractivity contribution in [2.75, 3.05) is 0 Å². The standard InChI is InChI=1S/C9H9NO6/c1-3-2-4(11)5(7(13)14)9(10,6(3)12)8(15)16/h2,5H,10H2,1H3,(H,13,14)(H,15,16). The molecule has 0 aromatic rings. The predicted molar refractivity (Wildman–Crippen MR) is 49.5 cm³/mol. The Kier molecular flexibility index (Phi) is 2.66. The molecule has 7 heteroatoms. The molecule has 16 heavy (non-hydrogen) atoms. The lowest BCUT2D eigenvalue weighted by molar-refractivity contribution is -0.162. The van der Waals surface area contributed by atoms with Gasteiger partial charge in [0.15, 0.2) is 23.0 Å². The van der Waals surface area contributed by atoms with Gasteiger partial charge in [0, 0.05) is 0 Å². The Morgan fingerprint density at radius 1 is 1.38 bits per heavy atom. The summed E-state index contributed by atoms with van der Waals surface area (Å²) >= 11 is 0. The second kappa shape index (κ2) is 3.53. The maximum Gasteiger partial charge on any atom is 0.333 e. The highest BCUT2D eigenvalue weighted by atomic mass is 16.4. The van der Waals surface area contributed by atoms with Crippen LogP contribution in [0, 0.1) is 5.92 Å². The summed E-state index contributed by atoms with van der Waals surface area (Å²) in [5, 5.41) is 17.6.